The van der Waals surface area contributed by atoms with Crippen molar-refractivity contribution in [2.45, 2.75) is 5.75 Å². The molecule has 0 spiro atoms. The number of hydrogen-bond acceptors (Lipinski definition) is 3. The summed E-state index contributed by atoms with van der Waals surface area (Å²) in [6, 6.07) is 13.3. The molecule has 1 heterocycles. The molecule has 138 valence electrons. The van der Waals surface area contributed by atoms with Gasteiger partial charge >= 0.3 is 0 Å². The average molecular weight is 430 g/mol. The summed E-state index contributed by atoms with van der Waals surface area (Å²) in [5.74, 6) is 1.22. The summed E-state index contributed by atoms with van der Waals surface area (Å²) < 4.78 is 0. The van der Waals surface area contributed by atoms with Crippen molar-refractivity contribution < 1.29 is 4.79 Å². The van der Waals surface area contributed by atoms with Crippen molar-refractivity contribution in [1.29, 1.82) is 0 Å². The van der Waals surface area contributed by atoms with Gasteiger partial charge in [0.05, 0.1) is 5.75 Å². The zero-order chi connectivity index (χ0) is 18.5. The second-order valence-corrected chi connectivity index (χ2v) is 8.28. The molecule has 0 bridgehead atoms. The molecule has 0 atom stereocenters. The van der Waals surface area contributed by atoms with Crippen LogP contribution in [0.4, 0.5) is 5.69 Å². The highest BCUT2D eigenvalue weighted by atomic mass is 35.5. The summed E-state index contributed by atoms with van der Waals surface area (Å²) in [7, 11) is 0. The van der Waals surface area contributed by atoms with E-state index in [0.29, 0.717) is 21.6 Å². The first-order valence-electron chi connectivity index (χ1n) is 8.33. The Morgan fingerprint density at radius 3 is 2.27 bits per heavy atom. The van der Waals surface area contributed by atoms with Gasteiger partial charge in [-0.2, -0.15) is 0 Å². The Labute approximate surface area is 173 Å². The van der Waals surface area contributed by atoms with Crippen molar-refractivity contribution in [1.82, 2.24) is 4.90 Å². The summed E-state index contributed by atoms with van der Waals surface area (Å²) in [5.41, 5.74) is 1.99. The fraction of sp³-hybridized carbons (Fsp3) is 0.316. The van der Waals surface area contributed by atoms with Crippen molar-refractivity contribution in [3.05, 3.63) is 63.1 Å². The van der Waals surface area contributed by atoms with Crippen molar-refractivity contribution in [3.8, 4) is 0 Å². The van der Waals surface area contributed by atoms with Crippen molar-refractivity contribution in [2.75, 3.05) is 36.8 Å². The molecule has 0 aromatic heterocycles. The van der Waals surface area contributed by atoms with E-state index in [1.54, 1.807) is 11.8 Å². The molecule has 0 unspecified atom stereocenters. The lowest BCUT2D eigenvalue weighted by Crippen LogP contribution is -2.49. The standard InChI is InChI=1S/C19H19Cl3N2OS/c20-14-3-1-4-15(11-14)23-7-9-24(10-8-23)19(25)13-26-12-16-17(21)5-2-6-18(16)22/h1-6,11H,7-10,12-13H2. The Balaban J connectivity index is 1.47. The first-order chi connectivity index (χ1) is 12.5. The predicted octanol–water partition coefficient (Wildman–Crippen LogP) is 5.23. The molecule has 3 rings (SSSR count). The highest BCUT2D eigenvalue weighted by Crippen LogP contribution is 2.28. The molecular weight excluding hydrogens is 411 g/mol. The number of nitrogens with zero attached hydrogens (tertiary/aromatic N) is 2. The molecule has 1 amide bonds. The summed E-state index contributed by atoms with van der Waals surface area (Å²) >= 11 is 19.9. The first kappa shape index (κ1) is 19.7. The van der Waals surface area contributed by atoms with E-state index in [1.807, 2.05) is 47.4 Å². The van der Waals surface area contributed by atoms with E-state index in [0.717, 1.165) is 42.5 Å². The lowest BCUT2D eigenvalue weighted by atomic mass is 10.2. The summed E-state index contributed by atoms with van der Waals surface area (Å²) in [5, 5.41) is 2.02. The fourth-order valence-electron chi connectivity index (χ4n) is 2.89. The molecule has 1 saturated heterocycles. The fourth-order valence-corrected chi connectivity index (χ4v) is 4.74. The van der Waals surface area contributed by atoms with Gasteiger partial charge in [-0.1, -0.05) is 46.9 Å². The number of carbonyl (C=O) groups excluding carboxylic acids is 1. The number of piperazine rings is 1. The van der Waals surface area contributed by atoms with Crippen LogP contribution >= 0.6 is 46.6 Å². The van der Waals surface area contributed by atoms with Crippen LogP contribution in [0.25, 0.3) is 0 Å². The number of hydrogen-bond donors (Lipinski definition) is 0. The maximum absolute atomic E-state index is 12.5. The highest BCUT2D eigenvalue weighted by Gasteiger charge is 2.21. The molecule has 26 heavy (non-hydrogen) atoms. The van der Waals surface area contributed by atoms with Crippen molar-refractivity contribution >= 4 is 58.2 Å². The van der Waals surface area contributed by atoms with E-state index < -0.39 is 0 Å². The van der Waals surface area contributed by atoms with E-state index >= 15 is 0 Å². The Morgan fingerprint density at radius 1 is 0.962 bits per heavy atom. The van der Waals surface area contributed by atoms with Gasteiger partial charge in [0.25, 0.3) is 0 Å². The van der Waals surface area contributed by atoms with Gasteiger partial charge in [-0.25, -0.2) is 0 Å². The Kier molecular flexibility index (Phi) is 6.98. The zero-order valence-electron chi connectivity index (χ0n) is 14.1. The summed E-state index contributed by atoms with van der Waals surface area (Å²) in [6.07, 6.45) is 0. The third kappa shape index (κ3) is 5.01. The molecule has 7 heteroatoms. The molecule has 1 aliphatic rings. The molecular formula is C19H19Cl3N2OS. The van der Waals surface area contributed by atoms with E-state index in [-0.39, 0.29) is 5.91 Å². The maximum Gasteiger partial charge on any atom is 0.232 e. The van der Waals surface area contributed by atoms with Crippen LogP contribution in [0, 0.1) is 0 Å². The molecule has 2 aromatic rings. The minimum atomic E-state index is 0.156. The topological polar surface area (TPSA) is 23.6 Å². The molecule has 3 nitrogen and oxygen atoms in total. The number of carbonyl (C=O) groups is 1. The van der Waals surface area contributed by atoms with Crippen LogP contribution in [0.1, 0.15) is 5.56 Å². The molecule has 0 saturated carbocycles. The second-order valence-electron chi connectivity index (χ2n) is 6.04. The molecule has 2 aromatic carbocycles. The third-order valence-corrected chi connectivity index (χ3v) is 6.23. The number of anilines is 1. The van der Waals surface area contributed by atoms with Gasteiger partial charge in [0.2, 0.25) is 5.91 Å². The molecule has 1 aliphatic heterocycles. The van der Waals surface area contributed by atoms with Crippen LogP contribution in [0.2, 0.25) is 15.1 Å². The molecule has 0 N–H and O–H groups in total. The van der Waals surface area contributed by atoms with Crippen LogP contribution in [0.15, 0.2) is 42.5 Å². The second kappa shape index (κ2) is 9.23. The van der Waals surface area contributed by atoms with Gasteiger partial charge < -0.3 is 9.80 Å². The van der Waals surface area contributed by atoms with Gasteiger partial charge in [-0.15, -0.1) is 11.8 Å². The molecule has 0 radical (unpaired) electrons. The monoisotopic (exact) mass is 428 g/mol. The first-order valence-corrected chi connectivity index (χ1v) is 10.6. The van der Waals surface area contributed by atoms with Crippen molar-refractivity contribution in [3.63, 3.8) is 0 Å². The number of rotatable bonds is 5. The molecule has 1 fully saturated rings. The molecule has 0 aliphatic carbocycles. The number of halogens is 3. The Hall–Kier alpha value is -1.07. The maximum atomic E-state index is 12.5. The number of amides is 1. The summed E-state index contributed by atoms with van der Waals surface area (Å²) in [6.45, 7) is 3.07. The van der Waals surface area contributed by atoms with E-state index in [2.05, 4.69) is 4.90 Å². The minimum Gasteiger partial charge on any atom is -0.368 e. The predicted molar refractivity (Wildman–Crippen MR) is 113 cm³/mol. The lowest BCUT2D eigenvalue weighted by molar-refractivity contribution is -0.128. The number of thioether (sulfide) groups is 1. The number of benzene rings is 2. The lowest BCUT2D eigenvalue weighted by Gasteiger charge is -2.36. The Morgan fingerprint density at radius 2 is 1.62 bits per heavy atom. The average Bonchev–Trinajstić information content (AvgIpc) is 2.64. The van der Waals surface area contributed by atoms with E-state index in [4.69, 9.17) is 34.8 Å². The van der Waals surface area contributed by atoms with E-state index in [9.17, 15) is 4.79 Å². The van der Waals surface area contributed by atoms with Gasteiger partial charge in [0.15, 0.2) is 0 Å². The van der Waals surface area contributed by atoms with Crippen LogP contribution in [-0.2, 0) is 10.5 Å². The normalized spacial score (nSPS) is 14.6. The van der Waals surface area contributed by atoms with Gasteiger partial charge in [-0.05, 0) is 35.9 Å². The Bertz CT molecular complexity index is 759. The van der Waals surface area contributed by atoms with Crippen LogP contribution in [-0.4, -0.2) is 42.7 Å². The van der Waals surface area contributed by atoms with E-state index in [1.165, 1.54) is 0 Å². The van der Waals surface area contributed by atoms with Crippen LogP contribution in [0.5, 0.6) is 0 Å². The van der Waals surface area contributed by atoms with Crippen LogP contribution < -0.4 is 4.90 Å². The van der Waals surface area contributed by atoms with Crippen molar-refractivity contribution in [2.24, 2.45) is 0 Å². The largest absolute Gasteiger partial charge is 0.368 e. The minimum absolute atomic E-state index is 0.156. The van der Waals surface area contributed by atoms with Gasteiger partial charge in [0, 0.05) is 52.7 Å². The summed E-state index contributed by atoms with van der Waals surface area (Å²) in [4.78, 5) is 16.6. The van der Waals surface area contributed by atoms with Crippen LogP contribution in [0.3, 0.4) is 0 Å². The smallest absolute Gasteiger partial charge is 0.232 e. The third-order valence-electron chi connectivity index (χ3n) is 4.34. The zero-order valence-corrected chi connectivity index (χ0v) is 17.2. The van der Waals surface area contributed by atoms with Gasteiger partial charge in [0.1, 0.15) is 0 Å². The SMILES string of the molecule is O=C(CSCc1c(Cl)cccc1Cl)N1CCN(c2cccc(Cl)c2)CC1. The quantitative estimate of drug-likeness (QED) is 0.650. The highest BCUT2D eigenvalue weighted by molar-refractivity contribution is 7.99. The van der Waals surface area contributed by atoms with Gasteiger partial charge in [-0.3, -0.25) is 4.79 Å².